The smallest absolute Gasteiger partial charge is 0.0398 e. The van der Waals surface area contributed by atoms with Crippen molar-refractivity contribution in [3.8, 4) is 0 Å². The van der Waals surface area contributed by atoms with Crippen LogP contribution in [0.25, 0.3) is 0 Å². The fraction of sp³-hybridized carbons (Fsp3) is 0.500. The van der Waals surface area contributed by atoms with Crippen molar-refractivity contribution in [1.82, 2.24) is 5.32 Å². The van der Waals surface area contributed by atoms with Crippen LogP contribution in [-0.2, 0) is 0 Å². The summed E-state index contributed by atoms with van der Waals surface area (Å²) in [6.45, 7) is 15.6. The number of hydrogen-bond acceptors (Lipinski definition) is 2. The molecule has 0 aliphatic rings. The lowest BCUT2D eigenvalue weighted by Gasteiger charge is -2.25. The van der Waals surface area contributed by atoms with E-state index in [0.717, 1.165) is 19.6 Å². The molecule has 0 aromatic heterocycles. The molecule has 0 amide bonds. The molecular formula is C16H26N2. The highest BCUT2D eigenvalue weighted by molar-refractivity contribution is 5.49. The van der Waals surface area contributed by atoms with Gasteiger partial charge in [-0.1, -0.05) is 32.6 Å². The second-order valence-corrected chi connectivity index (χ2v) is 5.14. The predicted molar refractivity (Wildman–Crippen MR) is 81.3 cm³/mol. The number of hydrogen-bond donors (Lipinski definition) is 1. The highest BCUT2D eigenvalue weighted by atomic mass is 15.1. The zero-order valence-corrected chi connectivity index (χ0v) is 12.2. The monoisotopic (exact) mass is 246 g/mol. The van der Waals surface area contributed by atoms with Gasteiger partial charge in [0.25, 0.3) is 0 Å². The van der Waals surface area contributed by atoms with Gasteiger partial charge in [-0.15, -0.1) is 0 Å². The molecule has 2 nitrogen and oxygen atoms in total. The molecule has 2 heteroatoms. The van der Waals surface area contributed by atoms with Gasteiger partial charge in [0.15, 0.2) is 0 Å². The predicted octanol–water partition coefficient (Wildman–Crippen LogP) is 3.38. The van der Waals surface area contributed by atoms with Gasteiger partial charge in [0, 0.05) is 31.4 Å². The van der Waals surface area contributed by atoms with Gasteiger partial charge < -0.3 is 10.2 Å². The van der Waals surface area contributed by atoms with E-state index in [1.807, 2.05) is 0 Å². The molecule has 0 aliphatic carbocycles. The van der Waals surface area contributed by atoms with Crippen molar-refractivity contribution in [1.29, 1.82) is 0 Å². The molecule has 0 aliphatic heterocycles. The third kappa shape index (κ3) is 4.92. The molecule has 0 saturated carbocycles. The maximum atomic E-state index is 4.16. The Morgan fingerprint density at radius 3 is 2.67 bits per heavy atom. The molecule has 0 atom stereocenters. The van der Waals surface area contributed by atoms with Crippen LogP contribution in [0.5, 0.6) is 0 Å². The van der Waals surface area contributed by atoms with Crippen LogP contribution in [0.2, 0.25) is 0 Å². The maximum absolute atomic E-state index is 4.16. The van der Waals surface area contributed by atoms with Crippen LogP contribution in [0.15, 0.2) is 36.4 Å². The van der Waals surface area contributed by atoms with E-state index in [2.05, 4.69) is 68.8 Å². The van der Waals surface area contributed by atoms with Crippen molar-refractivity contribution in [2.75, 3.05) is 24.5 Å². The van der Waals surface area contributed by atoms with Crippen LogP contribution >= 0.6 is 0 Å². The summed E-state index contributed by atoms with van der Waals surface area (Å²) in [6.07, 6.45) is 0. The van der Waals surface area contributed by atoms with Crippen molar-refractivity contribution in [3.63, 3.8) is 0 Å². The minimum Gasteiger partial charge on any atom is -0.368 e. The highest BCUT2D eigenvalue weighted by Crippen LogP contribution is 2.16. The molecule has 0 saturated heterocycles. The summed E-state index contributed by atoms with van der Waals surface area (Å²) in [6, 6.07) is 9.15. The first-order valence-corrected chi connectivity index (χ1v) is 6.74. The van der Waals surface area contributed by atoms with E-state index in [-0.39, 0.29) is 0 Å². The summed E-state index contributed by atoms with van der Waals surface area (Å²) in [4.78, 5) is 2.36. The number of nitrogens with zero attached hydrogens (tertiary/aromatic N) is 1. The first-order valence-electron chi connectivity index (χ1n) is 6.74. The number of nitrogens with one attached hydrogen (secondary N) is 1. The summed E-state index contributed by atoms with van der Waals surface area (Å²) in [5.74, 6) is 0. The minimum atomic E-state index is 0.510. The van der Waals surface area contributed by atoms with Crippen molar-refractivity contribution in [2.24, 2.45) is 0 Å². The van der Waals surface area contributed by atoms with Crippen LogP contribution in [0.1, 0.15) is 26.3 Å². The molecule has 1 aromatic carbocycles. The highest BCUT2D eigenvalue weighted by Gasteiger charge is 2.06. The van der Waals surface area contributed by atoms with Crippen LogP contribution in [0, 0.1) is 6.92 Å². The Bertz CT molecular complexity index is 382. The topological polar surface area (TPSA) is 15.3 Å². The zero-order valence-electron chi connectivity index (χ0n) is 12.2. The average Bonchev–Trinajstić information content (AvgIpc) is 2.33. The fourth-order valence-electron chi connectivity index (χ4n) is 1.88. The van der Waals surface area contributed by atoms with E-state index in [4.69, 9.17) is 0 Å². The minimum absolute atomic E-state index is 0.510. The Morgan fingerprint density at radius 1 is 1.39 bits per heavy atom. The van der Waals surface area contributed by atoms with Gasteiger partial charge >= 0.3 is 0 Å². The van der Waals surface area contributed by atoms with E-state index < -0.39 is 0 Å². The molecule has 1 N–H and O–H groups in total. The molecule has 0 heterocycles. The van der Waals surface area contributed by atoms with Crippen LogP contribution in [0.4, 0.5) is 5.69 Å². The van der Waals surface area contributed by atoms with E-state index in [0.29, 0.717) is 6.04 Å². The van der Waals surface area contributed by atoms with Crippen molar-refractivity contribution in [3.05, 3.63) is 42.0 Å². The van der Waals surface area contributed by atoms with Gasteiger partial charge in [0.2, 0.25) is 0 Å². The normalized spacial score (nSPS) is 10.7. The van der Waals surface area contributed by atoms with Gasteiger partial charge in [-0.25, -0.2) is 0 Å². The number of likely N-dealkylation sites (N-methyl/N-ethyl adjacent to an activating group) is 1. The summed E-state index contributed by atoms with van der Waals surface area (Å²) >= 11 is 0. The number of anilines is 1. The maximum Gasteiger partial charge on any atom is 0.0398 e. The summed E-state index contributed by atoms with van der Waals surface area (Å²) < 4.78 is 0. The molecule has 0 radical (unpaired) electrons. The average molecular weight is 246 g/mol. The molecule has 100 valence electrons. The standard InChI is InChI=1S/C16H26N2/c1-6-18(12-15(5)11-17-13(2)3)16-9-7-8-14(4)10-16/h7-10,13,17H,5-6,11-12H2,1-4H3. The van der Waals surface area contributed by atoms with Crippen molar-refractivity contribution < 1.29 is 0 Å². The van der Waals surface area contributed by atoms with Crippen molar-refractivity contribution in [2.45, 2.75) is 33.7 Å². The lowest BCUT2D eigenvalue weighted by Crippen LogP contribution is -2.31. The number of rotatable bonds is 7. The van der Waals surface area contributed by atoms with Gasteiger partial charge in [-0.3, -0.25) is 0 Å². The largest absolute Gasteiger partial charge is 0.368 e. The molecule has 18 heavy (non-hydrogen) atoms. The molecule has 1 aromatic rings. The summed E-state index contributed by atoms with van der Waals surface area (Å²) in [7, 11) is 0. The molecule has 0 bridgehead atoms. The molecular weight excluding hydrogens is 220 g/mol. The SMILES string of the molecule is C=C(CNC(C)C)CN(CC)c1cccc(C)c1. The lowest BCUT2D eigenvalue weighted by atomic mass is 10.2. The van der Waals surface area contributed by atoms with Gasteiger partial charge in [0.1, 0.15) is 0 Å². The van der Waals surface area contributed by atoms with Gasteiger partial charge in [-0.05, 0) is 37.1 Å². The Kier molecular flexibility index (Phi) is 5.93. The summed E-state index contributed by atoms with van der Waals surface area (Å²) in [5, 5.41) is 3.41. The Balaban J connectivity index is 2.59. The summed E-state index contributed by atoms with van der Waals surface area (Å²) in [5.41, 5.74) is 3.81. The quantitative estimate of drug-likeness (QED) is 0.742. The third-order valence-electron chi connectivity index (χ3n) is 2.92. The lowest BCUT2D eigenvalue weighted by molar-refractivity contribution is 0.616. The first-order chi connectivity index (χ1) is 8.52. The number of benzene rings is 1. The Hall–Kier alpha value is -1.28. The van der Waals surface area contributed by atoms with Crippen LogP contribution in [-0.4, -0.2) is 25.7 Å². The van der Waals surface area contributed by atoms with Crippen LogP contribution in [0.3, 0.4) is 0 Å². The van der Waals surface area contributed by atoms with Crippen molar-refractivity contribution >= 4 is 5.69 Å². The van der Waals surface area contributed by atoms with Crippen LogP contribution < -0.4 is 10.2 Å². The molecule has 0 spiro atoms. The van der Waals surface area contributed by atoms with Gasteiger partial charge in [-0.2, -0.15) is 0 Å². The van der Waals surface area contributed by atoms with E-state index in [9.17, 15) is 0 Å². The first kappa shape index (κ1) is 14.8. The van der Waals surface area contributed by atoms with E-state index in [1.165, 1.54) is 16.8 Å². The Labute approximate surface area is 112 Å². The second-order valence-electron chi connectivity index (χ2n) is 5.14. The molecule has 0 unspecified atom stereocenters. The second kappa shape index (κ2) is 7.22. The van der Waals surface area contributed by atoms with E-state index in [1.54, 1.807) is 0 Å². The Morgan fingerprint density at radius 2 is 2.11 bits per heavy atom. The van der Waals surface area contributed by atoms with Gasteiger partial charge in [0.05, 0.1) is 0 Å². The zero-order chi connectivity index (χ0) is 13.5. The fourth-order valence-corrected chi connectivity index (χ4v) is 1.88. The molecule has 0 fully saturated rings. The molecule has 1 rings (SSSR count). The van der Waals surface area contributed by atoms with E-state index >= 15 is 0 Å². The number of aryl methyl sites for hydroxylation is 1. The third-order valence-corrected chi connectivity index (χ3v) is 2.92.